The summed E-state index contributed by atoms with van der Waals surface area (Å²) in [7, 11) is 0. The number of halogens is 2. The van der Waals surface area contributed by atoms with Crippen LogP contribution in [0.2, 0.25) is 0 Å². The third-order valence-corrected chi connectivity index (χ3v) is 3.51. The third-order valence-electron chi connectivity index (χ3n) is 3.51. The molecule has 136 valence electrons. The van der Waals surface area contributed by atoms with Crippen LogP contribution in [0.5, 0.6) is 0 Å². The van der Waals surface area contributed by atoms with Crippen LogP contribution in [0.4, 0.5) is 4.39 Å². The number of rotatable bonds is 8. The Balaban J connectivity index is 0.00000288. The average Bonchev–Trinajstić information content (AvgIpc) is 3.05. The molecule has 24 heavy (non-hydrogen) atoms. The zero-order chi connectivity index (χ0) is 16.3. The number of ether oxygens (including phenoxy) is 2. The lowest BCUT2D eigenvalue weighted by Gasteiger charge is -2.13. The number of nitrogens with one attached hydrogen (secondary N) is 2. The van der Waals surface area contributed by atoms with Gasteiger partial charge < -0.3 is 20.1 Å². The molecule has 0 spiro atoms. The minimum atomic E-state index is -0.233. The second kappa shape index (κ2) is 12.4. The lowest BCUT2D eigenvalue weighted by molar-refractivity contribution is 0.0420. The number of benzene rings is 1. The minimum Gasteiger partial charge on any atom is -0.379 e. The topological polar surface area (TPSA) is 54.9 Å². The van der Waals surface area contributed by atoms with E-state index in [1.54, 1.807) is 6.07 Å². The second-order valence-corrected chi connectivity index (χ2v) is 5.46. The van der Waals surface area contributed by atoms with Gasteiger partial charge in [-0.1, -0.05) is 12.1 Å². The monoisotopic (exact) mass is 451 g/mol. The predicted molar refractivity (Wildman–Crippen MR) is 104 cm³/mol. The van der Waals surface area contributed by atoms with E-state index in [0.717, 1.165) is 44.1 Å². The van der Waals surface area contributed by atoms with Gasteiger partial charge >= 0.3 is 0 Å². The van der Waals surface area contributed by atoms with E-state index in [0.29, 0.717) is 19.8 Å². The van der Waals surface area contributed by atoms with Crippen molar-refractivity contribution in [1.29, 1.82) is 0 Å². The molecule has 7 heteroatoms. The SMILES string of the molecule is CCNC(=NCc1cccc(F)c1)NCCCOC1CCOC1.I. The molecule has 0 saturated carbocycles. The van der Waals surface area contributed by atoms with Gasteiger partial charge in [0.05, 0.1) is 19.3 Å². The lowest BCUT2D eigenvalue weighted by atomic mass is 10.2. The van der Waals surface area contributed by atoms with Crippen LogP contribution in [0.1, 0.15) is 25.3 Å². The van der Waals surface area contributed by atoms with E-state index in [9.17, 15) is 4.39 Å². The van der Waals surface area contributed by atoms with Gasteiger partial charge in [-0.05, 0) is 37.5 Å². The van der Waals surface area contributed by atoms with Crippen molar-refractivity contribution < 1.29 is 13.9 Å². The first-order chi connectivity index (χ1) is 11.3. The predicted octanol–water partition coefficient (Wildman–Crippen LogP) is 2.69. The summed E-state index contributed by atoms with van der Waals surface area (Å²) in [4.78, 5) is 4.47. The smallest absolute Gasteiger partial charge is 0.191 e. The van der Waals surface area contributed by atoms with Crippen molar-refractivity contribution in [2.75, 3.05) is 32.9 Å². The van der Waals surface area contributed by atoms with Crippen LogP contribution in [-0.4, -0.2) is 45.0 Å². The number of aliphatic imine (C=N–C) groups is 1. The van der Waals surface area contributed by atoms with Crippen molar-refractivity contribution in [2.45, 2.75) is 32.4 Å². The summed E-state index contributed by atoms with van der Waals surface area (Å²) in [5.41, 5.74) is 0.853. The quantitative estimate of drug-likeness (QED) is 0.276. The summed E-state index contributed by atoms with van der Waals surface area (Å²) in [6.07, 6.45) is 2.15. The van der Waals surface area contributed by atoms with E-state index in [-0.39, 0.29) is 35.9 Å². The molecular weight excluding hydrogens is 424 g/mol. The number of nitrogens with zero attached hydrogens (tertiary/aromatic N) is 1. The molecule has 0 amide bonds. The van der Waals surface area contributed by atoms with Crippen molar-refractivity contribution in [3.63, 3.8) is 0 Å². The van der Waals surface area contributed by atoms with Crippen LogP contribution in [0.25, 0.3) is 0 Å². The Morgan fingerprint density at radius 1 is 1.42 bits per heavy atom. The van der Waals surface area contributed by atoms with E-state index >= 15 is 0 Å². The maximum absolute atomic E-state index is 13.2. The molecule has 1 aromatic rings. The fraction of sp³-hybridized carbons (Fsp3) is 0.588. The van der Waals surface area contributed by atoms with Crippen molar-refractivity contribution in [2.24, 2.45) is 4.99 Å². The van der Waals surface area contributed by atoms with Crippen LogP contribution in [0.15, 0.2) is 29.3 Å². The number of guanidine groups is 1. The molecule has 1 saturated heterocycles. The van der Waals surface area contributed by atoms with E-state index in [4.69, 9.17) is 9.47 Å². The van der Waals surface area contributed by atoms with Crippen LogP contribution < -0.4 is 10.6 Å². The van der Waals surface area contributed by atoms with Gasteiger partial charge in [0.15, 0.2) is 5.96 Å². The number of hydrogen-bond donors (Lipinski definition) is 2. The van der Waals surface area contributed by atoms with Crippen molar-refractivity contribution in [3.8, 4) is 0 Å². The Hall–Kier alpha value is -0.930. The van der Waals surface area contributed by atoms with Gasteiger partial charge in [-0.25, -0.2) is 9.38 Å². The van der Waals surface area contributed by atoms with E-state index in [1.807, 2.05) is 13.0 Å². The molecule has 1 atom stereocenters. The van der Waals surface area contributed by atoms with E-state index < -0.39 is 0 Å². The molecule has 0 aliphatic carbocycles. The van der Waals surface area contributed by atoms with Gasteiger partial charge in [0, 0.05) is 26.3 Å². The van der Waals surface area contributed by atoms with Crippen molar-refractivity contribution >= 4 is 29.9 Å². The van der Waals surface area contributed by atoms with Crippen LogP contribution in [0.3, 0.4) is 0 Å². The van der Waals surface area contributed by atoms with Crippen molar-refractivity contribution in [1.82, 2.24) is 10.6 Å². The minimum absolute atomic E-state index is 0. The summed E-state index contributed by atoms with van der Waals surface area (Å²) in [6, 6.07) is 6.51. The van der Waals surface area contributed by atoms with Gasteiger partial charge in [0.25, 0.3) is 0 Å². The first-order valence-electron chi connectivity index (χ1n) is 8.24. The van der Waals surface area contributed by atoms with E-state index in [2.05, 4.69) is 15.6 Å². The van der Waals surface area contributed by atoms with Gasteiger partial charge in [0.1, 0.15) is 5.82 Å². The van der Waals surface area contributed by atoms with Gasteiger partial charge in [0.2, 0.25) is 0 Å². The normalized spacial score (nSPS) is 17.4. The molecule has 1 unspecified atom stereocenters. The molecule has 1 aliphatic heterocycles. The van der Waals surface area contributed by atoms with Gasteiger partial charge in [-0.2, -0.15) is 0 Å². The Bertz CT molecular complexity index is 496. The summed E-state index contributed by atoms with van der Waals surface area (Å²) < 4.78 is 24.1. The van der Waals surface area contributed by atoms with Gasteiger partial charge in [-0.15, -0.1) is 24.0 Å². The molecule has 5 nitrogen and oxygen atoms in total. The highest BCUT2D eigenvalue weighted by molar-refractivity contribution is 14.0. The molecule has 1 heterocycles. The summed E-state index contributed by atoms with van der Waals surface area (Å²) >= 11 is 0. The standard InChI is InChI=1S/C17H26FN3O2.HI/c1-2-19-17(21-12-14-5-3-6-15(18)11-14)20-8-4-9-23-16-7-10-22-13-16;/h3,5-6,11,16H,2,4,7-10,12-13H2,1H3,(H2,19,20,21);1H. The zero-order valence-electron chi connectivity index (χ0n) is 14.1. The van der Waals surface area contributed by atoms with Crippen LogP contribution >= 0.6 is 24.0 Å². The fourth-order valence-electron chi connectivity index (χ4n) is 2.32. The zero-order valence-corrected chi connectivity index (χ0v) is 16.4. The van der Waals surface area contributed by atoms with Crippen LogP contribution in [0, 0.1) is 5.82 Å². The van der Waals surface area contributed by atoms with Gasteiger partial charge in [-0.3, -0.25) is 0 Å². The molecule has 2 N–H and O–H groups in total. The van der Waals surface area contributed by atoms with E-state index in [1.165, 1.54) is 12.1 Å². The highest BCUT2D eigenvalue weighted by atomic mass is 127. The second-order valence-electron chi connectivity index (χ2n) is 5.46. The largest absolute Gasteiger partial charge is 0.379 e. The molecular formula is C17H27FIN3O2. The molecule has 1 aromatic carbocycles. The Kier molecular flexibility index (Phi) is 10.9. The first kappa shape index (κ1) is 21.1. The van der Waals surface area contributed by atoms with Crippen LogP contribution in [-0.2, 0) is 16.0 Å². The highest BCUT2D eigenvalue weighted by Gasteiger charge is 2.15. The average molecular weight is 451 g/mol. The Morgan fingerprint density at radius 2 is 2.29 bits per heavy atom. The third kappa shape index (κ3) is 8.25. The maximum atomic E-state index is 13.2. The molecule has 1 aliphatic rings. The Morgan fingerprint density at radius 3 is 3.00 bits per heavy atom. The Labute approximate surface area is 160 Å². The number of hydrogen-bond acceptors (Lipinski definition) is 3. The molecule has 1 fully saturated rings. The first-order valence-corrected chi connectivity index (χ1v) is 8.24. The summed E-state index contributed by atoms with van der Waals surface area (Å²) in [5, 5.41) is 6.45. The summed E-state index contributed by atoms with van der Waals surface area (Å²) in [5.74, 6) is 0.504. The molecule has 0 aromatic heterocycles. The molecule has 2 rings (SSSR count). The maximum Gasteiger partial charge on any atom is 0.191 e. The lowest BCUT2D eigenvalue weighted by Crippen LogP contribution is -2.38. The fourth-order valence-corrected chi connectivity index (χ4v) is 2.32. The molecule has 0 bridgehead atoms. The summed E-state index contributed by atoms with van der Waals surface area (Å²) in [6.45, 7) is 6.26. The van der Waals surface area contributed by atoms with Crippen molar-refractivity contribution in [3.05, 3.63) is 35.6 Å². The highest BCUT2D eigenvalue weighted by Crippen LogP contribution is 2.08. The molecule has 0 radical (unpaired) electrons.